The van der Waals surface area contributed by atoms with E-state index in [0.717, 1.165) is 55.1 Å². The normalized spacial score (nSPS) is 12.5. The molecule has 0 aliphatic heterocycles. The van der Waals surface area contributed by atoms with Crippen LogP contribution in [0.1, 0.15) is 0 Å². The fourth-order valence-corrected chi connectivity index (χ4v) is 11.2. The van der Waals surface area contributed by atoms with E-state index in [1.54, 1.807) is 0 Å². The number of aromatic nitrogens is 2. The molecule has 0 saturated carbocycles. The standard InChI is InChI=1S/C48H26N2OS2/c1-5-13-37-33(11-1)45-39(49(37)27-17-23-43-35(25-27)29-9-3-7-15-41(29)52-43)21-19-31-32-20-22-40-46(48(32)51-47(31)45)34-12-2-6-14-38(34)50(40)28-18-24-44-36(26-28)30-10-4-8-16-42(30)53-44/h1-26H. The van der Waals surface area contributed by atoms with Crippen molar-refractivity contribution in [2.24, 2.45) is 0 Å². The summed E-state index contributed by atoms with van der Waals surface area (Å²) in [7, 11) is 0. The number of nitrogens with zero attached hydrogens (tertiary/aromatic N) is 2. The van der Waals surface area contributed by atoms with Gasteiger partial charge in [0, 0.05) is 73.3 Å². The van der Waals surface area contributed by atoms with Gasteiger partial charge in [-0.2, -0.15) is 0 Å². The highest BCUT2D eigenvalue weighted by molar-refractivity contribution is 7.26. The maximum Gasteiger partial charge on any atom is 0.145 e. The Morgan fingerprint density at radius 3 is 1.23 bits per heavy atom. The summed E-state index contributed by atoms with van der Waals surface area (Å²) in [5.74, 6) is 0. The minimum Gasteiger partial charge on any atom is -0.455 e. The van der Waals surface area contributed by atoms with Gasteiger partial charge in [-0.3, -0.25) is 0 Å². The second-order valence-corrected chi connectivity index (χ2v) is 16.2. The van der Waals surface area contributed by atoms with E-state index in [2.05, 4.69) is 167 Å². The molecule has 3 nitrogen and oxygen atoms in total. The highest BCUT2D eigenvalue weighted by Gasteiger charge is 2.23. The smallest absolute Gasteiger partial charge is 0.145 e. The van der Waals surface area contributed by atoms with Crippen LogP contribution in [-0.2, 0) is 0 Å². The first-order valence-electron chi connectivity index (χ1n) is 17.9. The summed E-state index contributed by atoms with van der Waals surface area (Å²) in [5, 5.41) is 12.2. The van der Waals surface area contributed by atoms with Crippen molar-refractivity contribution in [3.63, 3.8) is 0 Å². The van der Waals surface area contributed by atoms with Gasteiger partial charge in [-0.15, -0.1) is 22.7 Å². The van der Waals surface area contributed by atoms with E-state index in [4.69, 9.17) is 4.42 Å². The second-order valence-electron chi connectivity index (χ2n) is 14.0. The van der Waals surface area contributed by atoms with Crippen molar-refractivity contribution < 1.29 is 4.42 Å². The van der Waals surface area contributed by atoms with Gasteiger partial charge in [0.25, 0.3) is 0 Å². The van der Waals surface area contributed by atoms with Crippen molar-refractivity contribution in [2.75, 3.05) is 0 Å². The summed E-state index contributed by atoms with van der Waals surface area (Å²) in [4.78, 5) is 0. The molecule has 0 N–H and O–H groups in total. The molecule has 0 fully saturated rings. The molecule has 5 aromatic heterocycles. The van der Waals surface area contributed by atoms with Crippen LogP contribution < -0.4 is 0 Å². The molecule has 0 atom stereocenters. The molecular weight excluding hydrogens is 685 g/mol. The van der Waals surface area contributed by atoms with E-state index in [1.807, 2.05) is 22.7 Å². The molecule has 0 aliphatic carbocycles. The number of hydrogen-bond donors (Lipinski definition) is 0. The minimum atomic E-state index is 0.935. The lowest BCUT2D eigenvalue weighted by Gasteiger charge is -2.08. The van der Waals surface area contributed by atoms with Gasteiger partial charge in [0.2, 0.25) is 0 Å². The van der Waals surface area contributed by atoms with Gasteiger partial charge in [-0.1, -0.05) is 72.8 Å². The molecule has 13 rings (SSSR count). The Morgan fingerprint density at radius 2 is 0.736 bits per heavy atom. The maximum absolute atomic E-state index is 7.20. The Hall–Kier alpha value is -6.40. The molecule has 0 spiro atoms. The fourth-order valence-electron chi connectivity index (χ4n) is 9.06. The molecule has 8 aromatic carbocycles. The number of para-hydroxylation sites is 2. The molecule has 53 heavy (non-hydrogen) atoms. The van der Waals surface area contributed by atoms with Crippen LogP contribution in [0.2, 0.25) is 0 Å². The van der Waals surface area contributed by atoms with Crippen LogP contribution in [0.4, 0.5) is 0 Å². The van der Waals surface area contributed by atoms with Gasteiger partial charge in [0.15, 0.2) is 0 Å². The van der Waals surface area contributed by atoms with E-state index in [1.165, 1.54) is 62.2 Å². The molecule has 13 aromatic rings. The molecule has 5 heteroatoms. The van der Waals surface area contributed by atoms with Crippen molar-refractivity contribution in [1.82, 2.24) is 9.13 Å². The topological polar surface area (TPSA) is 23.0 Å². The lowest BCUT2D eigenvalue weighted by atomic mass is 10.1. The molecule has 0 unspecified atom stereocenters. The Balaban J connectivity index is 1.10. The summed E-state index contributed by atoms with van der Waals surface area (Å²) >= 11 is 3.71. The van der Waals surface area contributed by atoms with Crippen LogP contribution in [-0.4, -0.2) is 9.13 Å². The monoisotopic (exact) mass is 710 g/mol. The Bertz CT molecular complexity index is 3460. The summed E-state index contributed by atoms with van der Waals surface area (Å²) in [6, 6.07) is 57.9. The molecule has 0 aliphatic rings. The van der Waals surface area contributed by atoms with Crippen molar-refractivity contribution in [3.05, 3.63) is 158 Å². The van der Waals surface area contributed by atoms with Crippen molar-refractivity contribution >= 4 is 129 Å². The fraction of sp³-hybridized carbons (Fsp3) is 0. The zero-order valence-corrected chi connectivity index (χ0v) is 29.8. The number of rotatable bonds is 2. The zero-order chi connectivity index (χ0) is 34.4. The number of hydrogen-bond acceptors (Lipinski definition) is 3. The molecule has 0 bridgehead atoms. The lowest BCUT2D eigenvalue weighted by molar-refractivity contribution is 0.677. The first-order chi connectivity index (χ1) is 26.3. The third-order valence-corrected chi connectivity index (χ3v) is 13.6. The second kappa shape index (κ2) is 10.1. The minimum absolute atomic E-state index is 0.935. The van der Waals surface area contributed by atoms with Crippen molar-refractivity contribution in [1.29, 1.82) is 0 Å². The third-order valence-electron chi connectivity index (χ3n) is 11.3. The SMILES string of the molecule is c1ccc2c(c1)sc1ccc(-n3c4ccccc4c4c5oc6c(ccc7c6c6ccccc6n7-c6ccc7sc8ccccc8c7c6)c5ccc43)cc12. The Morgan fingerprint density at radius 1 is 0.321 bits per heavy atom. The van der Waals surface area contributed by atoms with Gasteiger partial charge < -0.3 is 13.6 Å². The van der Waals surface area contributed by atoms with Crippen LogP contribution in [0.3, 0.4) is 0 Å². The van der Waals surface area contributed by atoms with Gasteiger partial charge in [0.05, 0.1) is 32.8 Å². The predicted octanol–water partition coefficient (Wildman–Crippen LogP) is 14.5. The van der Waals surface area contributed by atoms with Gasteiger partial charge in [-0.05, 0) is 84.9 Å². The van der Waals surface area contributed by atoms with Crippen LogP contribution in [0.25, 0.3) is 117 Å². The number of thiophene rings is 2. The summed E-state index contributed by atoms with van der Waals surface area (Å²) < 4.78 is 17.3. The maximum atomic E-state index is 7.20. The summed E-state index contributed by atoms with van der Waals surface area (Å²) in [5.41, 5.74) is 8.82. The van der Waals surface area contributed by atoms with Crippen molar-refractivity contribution in [2.45, 2.75) is 0 Å². The van der Waals surface area contributed by atoms with Crippen LogP contribution in [0.15, 0.2) is 162 Å². The zero-order valence-electron chi connectivity index (χ0n) is 28.1. The van der Waals surface area contributed by atoms with Gasteiger partial charge >= 0.3 is 0 Å². The average Bonchev–Trinajstić information content (AvgIpc) is 4.01. The third kappa shape index (κ3) is 3.67. The van der Waals surface area contributed by atoms with E-state index < -0.39 is 0 Å². The number of furan rings is 1. The van der Waals surface area contributed by atoms with Crippen LogP contribution in [0.5, 0.6) is 0 Å². The van der Waals surface area contributed by atoms with Gasteiger partial charge in [0.1, 0.15) is 11.2 Å². The van der Waals surface area contributed by atoms with Crippen molar-refractivity contribution in [3.8, 4) is 11.4 Å². The van der Waals surface area contributed by atoms with Crippen LogP contribution in [0, 0.1) is 0 Å². The molecular formula is C48H26N2OS2. The summed E-state index contributed by atoms with van der Waals surface area (Å²) in [6.07, 6.45) is 0. The van der Waals surface area contributed by atoms with E-state index in [0.29, 0.717) is 0 Å². The van der Waals surface area contributed by atoms with E-state index in [9.17, 15) is 0 Å². The predicted molar refractivity (Wildman–Crippen MR) is 228 cm³/mol. The highest BCUT2D eigenvalue weighted by atomic mass is 32.1. The molecule has 0 amide bonds. The average molecular weight is 711 g/mol. The molecule has 5 heterocycles. The Kier molecular flexibility index (Phi) is 5.40. The van der Waals surface area contributed by atoms with Gasteiger partial charge in [-0.25, -0.2) is 0 Å². The van der Waals surface area contributed by atoms with Crippen LogP contribution >= 0.6 is 22.7 Å². The number of benzene rings is 8. The van der Waals surface area contributed by atoms with E-state index >= 15 is 0 Å². The van der Waals surface area contributed by atoms with E-state index in [-0.39, 0.29) is 0 Å². The molecule has 0 saturated heterocycles. The highest BCUT2D eigenvalue weighted by Crippen LogP contribution is 2.46. The largest absolute Gasteiger partial charge is 0.455 e. The first-order valence-corrected chi connectivity index (χ1v) is 19.6. The quantitative estimate of drug-likeness (QED) is 0.175. The lowest BCUT2D eigenvalue weighted by Crippen LogP contribution is -1.93. The molecule has 246 valence electrons. The Labute approximate surface area is 309 Å². The number of fused-ring (bicyclic) bond motifs is 17. The summed E-state index contributed by atoms with van der Waals surface area (Å²) in [6.45, 7) is 0. The molecule has 0 radical (unpaired) electrons. The first kappa shape index (κ1) is 28.2.